The third kappa shape index (κ3) is 7.74. The number of carboxylic acids is 1. The van der Waals surface area contributed by atoms with Gasteiger partial charge in [-0.15, -0.1) is 0 Å². The summed E-state index contributed by atoms with van der Waals surface area (Å²) in [6.07, 6.45) is -5.57. The molecule has 1 atom stereocenters. The van der Waals surface area contributed by atoms with Crippen molar-refractivity contribution in [3.8, 4) is 17.9 Å². The van der Waals surface area contributed by atoms with Gasteiger partial charge in [-0.05, 0) is 55.8 Å². The number of anilines is 1. The average molecular weight is 503 g/mol. The molecule has 1 amide bonds. The van der Waals surface area contributed by atoms with Gasteiger partial charge in [-0.1, -0.05) is 0 Å². The fourth-order valence-electron chi connectivity index (χ4n) is 2.89. The lowest BCUT2D eigenvalue weighted by Crippen LogP contribution is -2.49. The molecule has 0 heterocycles. The van der Waals surface area contributed by atoms with E-state index in [9.17, 15) is 27.6 Å². The maximum absolute atomic E-state index is 13.3. The van der Waals surface area contributed by atoms with Gasteiger partial charge in [0.25, 0.3) is 5.91 Å². The molecule has 0 saturated heterocycles. The Bertz CT molecular complexity index is 1220. The predicted molar refractivity (Wildman–Crippen MR) is 117 cm³/mol. The first-order valence-corrected chi connectivity index (χ1v) is 10.4. The molecule has 0 unspecified atom stereocenters. The number of rotatable bonds is 10. The van der Waals surface area contributed by atoms with E-state index in [4.69, 9.17) is 25.1 Å². The normalized spacial score (nSPS) is 12.4. The molecule has 0 aromatic heterocycles. The van der Waals surface area contributed by atoms with Crippen LogP contribution in [0.3, 0.4) is 0 Å². The number of halogens is 3. The zero-order chi connectivity index (χ0) is 26.9. The van der Waals surface area contributed by atoms with Crippen LogP contribution in [0.1, 0.15) is 42.9 Å². The van der Waals surface area contributed by atoms with Crippen LogP contribution in [0.25, 0.3) is 0 Å². The van der Waals surface area contributed by atoms with Gasteiger partial charge in [-0.25, -0.2) is 0 Å². The molecule has 0 saturated carbocycles. The molecular weight excluding hydrogens is 483 g/mol. The second-order valence-corrected chi connectivity index (χ2v) is 7.70. The number of aliphatic carboxylic acids is 1. The van der Waals surface area contributed by atoms with E-state index in [-0.39, 0.29) is 30.7 Å². The highest BCUT2D eigenvalue weighted by Crippen LogP contribution is 2.34. The van der Waals surface area contributed by atoms with Gasteiger partial charge >= 0.3 is 18.1 Å². The molecule has 0 bridgehead atoms. The summed E-state index contributed by atoms with van der Waals surface area (Å²) in [5.74, 6) is -2.87. The highest BCUT2D eigenvalue weighted by molar-refractivity contribution is 5.98. The van der Waals surface area contributed by atoms with Gasteiger partial charge in [0.15, 0.2) is 0 Å². The lowest BCUT2D eigenvalue weighted by Gasteiger charge is -2.28. The van der Waals surface area contributed by atoms with Gasteiger partial charge in [0.1, 0.15) is 12.4 Å². The second kappa shape index (κ2) is 11.7. The van der Waals surface area contributed by atoms with E-state index < -0.39 is 47.4 Å². The number of hydrogen-bond donors (Lipinski definition) is 2. The third-order valence-electron chi connectivity index (χ3n) is 4.79. The molecule has 0 spiro atoms. The number of nitrogens with one attached hydrogen (secondary N) is 1. The summed E-state index contributed by atoms with van der Waals surface area (Å²) in [7, 11) is 0. The summed E-state index contributed by atoms with van der Waals surface area (Å²) in [5, 5.41) is 28.8. The molecule has 0 aliphatic rings. The van der Waals surface area contributed by atoms with Crippen LogP contribution >= 0.6 is 0 Å². The zero-order valence-corrected chi connectivity index (χ0v) is 18.9. The number of esters is 1. The largest absolute Gasteiger partial charge is 0.489 e. The summed E-state index contributed by atoms with van der Waals surface area (Å²) in [6.45, 7) is 0.618. The van der Waals surface area contributed by atoms with E-state index in [0.717, 1.165) is 12.1 Å². The van der Waals surface area contributed by atoms with Gasteiger partial charge in [-0.3, -0.25) is 14.4 Å². The fraction of sp³-hybridized carbons (Fsp3) is 0.292. The van der Waals surface area contributed by atoms with Crippen LogP contribution in [-0.4, -0.2) is 35.2 Å². The molecule has 9 nitrogen and oxygen atoms in total. The van der Waals surface area contributed by atoms with E-state index in [1.165, 1.54) is 37.3 Å². The smallest absolute Gasteiger partial charge is 0.417 e. The number of nitriles is 2. The minimum atomic E-state index is -4.86. The van der Waals surface area contributed by atoms with Crippen molar-refractivity contribution in [3.05, 3.63) is 59.2 Å². The van der Waals surface area contributed by atoms with Crippen molar-refractivity contribution in [2.24, 2.45) is 0 Å². The predicted octanol–water partition coefficient (Wildman–Crippen LogP) is 4.02. The average Bonchev–Trinajstić information content (AvgIpc) is 2.82. The first-order valence-electron chi connectivity index (χ1n) is 10.4. The lowest BCUT2D eigenvalue weighted by atomic mass is 10.0. The van der Waals surface area contributed by atoms with Crippen molar-refractivity contribution in [1.29, 1.82) is 10.5 Å². The molecule has 188 valence electrons. The molecule has 2 rings (SSSR count). The Hall–Kier alpha value is -4.58. The molecule has 36 heavy (non-hydrogen) atoms. The van der Waals surface area contributed by atoms with Gasteiger partial charge in [0.05, 0.1) is 28.8 Å². The molecule has 0 radical (unpaired) electrons. The summed E-state index contributed by atoms with van der Waals surface area (Å²) in [5.41, 5.74) is -3.91. The Morgan fingerprint density at radius 2 is 1.69 bits per heavy atom. The molecule has 0 fully saturated rings. The number of nitrogens with zero attached hydrogens (tertiary/aromatic N) is 2. The van der Waals surface area contributed by atoms with Crippen LogP contribution in [0.2, 0.25) is 0 Å². The number of hydrogen-bond acceptors (Lipinski definition) is 7. The summed E-state index contributed by atoms with van der Waals surface area (Å²) in [6, 6.07) is 11.7. The number of amides is 1. The van der Waals surface area contributed by atoms with Crippen molar-refractivity contribution in [3.63, 3.8) is 0 Å². The summed E-state index contributed by atoms with van der Waals surface area (Å²) >= 11 is 0. The highest BCUT2D eigenvalue weighted by Gasteiger charge is 2.40. The van der Waals surface area contributed by atoms with Gasteiger partial charge in [-0.2, -0.15) is 23.7 Å². The quantitative estimate of drug-likeness (QED) is 0.462. The number of carbonyl (C=O) groups is 3. The van der Waals surface area contributed by atoms with Gasteiger partial charge < -0.3 is 19.9 Å². The first-order chi connectivity index (χ1) is 16.9. The van der Waals surface area contributed by atoms with Crippen molar-refractivity contribution >= 4 is 23.5 Å². The number of benzene rings is 2. The Balaban J connectivity index is 2.27. The summed E-state index contributed by atoms with van der Waals surface area (Å²) < 4.78 is 50.6. The number of alkyl halides is 3. The Morgan fingerprint density at radius 1 is 1.03 bits per heavy atom. The SMILES string of the molecule is C[C@@](COc1ccc(C#N)cc1)(OC(=O)CCCC(=O)O)C(=O)Nc1ccc(C#N)c(C(F)(F)F)c1. The summed E-state index contributed by atoms with van der Waals surface area (Å²) in [4.78, 5) is 36.0. The van der Waals surface area contributed by atoms with E-state index in [1.807, 2.05) is 6.07 Å². The molecule has 2 N–H and O–H groups in total. The van der Waals surface area contributed by atoms with Crippen LogP contribution in [0.15, 0.2) is 42.5 Å². The van der Waals surface area contributed by atoms with E-state index in [2.05, 4.69) is 5.32 Å². The lowest BCUT2D eigenvalue weighted by molar-refractivity contribution is -0.167. The minimum absolute atomic E-state index is 0.0626. The van der Waals surface area contributed by atoms with Crippen LogP contribution < -0.4 is 10.1 Å². The minimum Gasteiger partial charge on any atom is -0.489 e. The van der Waals surface area contributed by atoms with Crippen molar-refractivity contribution in [2.45, 2.75) is 38.0 Å². The standard InChI is InChI=1S/C24H20F3N3O6/c1-23(36-21(33)4-2-3-20(31)32,14-35-18-9-5-15(12-28)6-10-18)22(34)30-17-8-7-16(13-29)19(11-17)24(25,26)27/h5-11H,2-4,14H2,1H3,(H,30,34)(H,31,32)/t23-/m0/s1. The van der Waals surface area contributed by atoms with Crippen molar-refractivity contribution in [1.82, 2.24) is 0 Å². The molecular formula is C24H20F3N3O6. The van der Waals surface area contributed by atoms with Crippen molar-refractivity contribution < 1.29 is 42.1 Å². The molecule has 0 aliphatic carbocycles. The van der Waals surface area contributed by atoms with E-state index in [0.29, 0.717) is 11.6 Å². The maximum atomic E-state index is 13.3. The molecule has 0 aliphatic heterocycles. The van der Waals surface area contributed by atoms with Crippen LogP contribution in [0.5, 0.6) is 5.75 Å². The van der Waals surface area contributed by atoms with Gasteiger partial charge in [0, 0.05) is 18.5 Å². The molecule has 2 aromatic carbocycles. The first kappa shape index (κ1) is 27.7. The Morgan fingerprint density at radius 3 is 2.25 bits per heavy atom. The Labute approximate surface area is 203 Å². The van der Waals surface area contributed by atoms with Crippen molar-refractivity contribution in [2.75, 3.05) is 11.9 Å². The highest BCUT2D eigenvalue weighted by atomic mass is 19.4. The van der Waals surface area contributed by atoms with E-state index >= 15 is 0 Å². The van der Waals surface area contributed by atoms with Crippen LogP contribution in [-0.2, 0) is 25.3 Å². The number of carboxylic acid groups (broad SMARTS) is 1. The third-order valence-corrected chi connectivity index (χ3v) is 4.79. The monoisotopic (exact) mass is 503 g/mol. The number of ether oxygens (including phenoxy) is 2. The van der Waals surface area contributed by atoms with Crippen LogP contribution in [0, 0.1) is 22.7 Å². The molecule has 2 aromatic rings. The maximum Gasteiger partial charge on any atom is 0.417 e. The van der Waals surface area contributed by atoms with Gasteiger partial charge in [0.2, 0.25) is 5.60 Å². The fourth-order valence-corrected chi connectivity index (χ4v) is 2.89. The zero-order valence-electron chi connectivity index (χ0n) is 18.9. The Kier molecular flexibility index (Phi) is 9.00. The second-order valence-electron chi connectivity index (χ2n) is 7.70. The topological polar surface area (TPSA) is 150 Å². The molecule has 12 heteroatoms. The van der Waals surface area contributed by atoms with Crippen LogP contribution in [0.4, 0.5) is 18.9 Å². The van der Waals surface area contributed by atoms with E-state index in [1.54, 1.807) is 0 Å². The number of carbonyl (C=O) groups excluding carboxylic acids is 2.